The number of hydrogen-bond acceptors (Lipinski definition) is 8. The molecule has 0 bridgehead atoms. The first-order valence-corrected chi connectivity index (χ1v) is 15.1. The molecule has 1 aliphatic rings. The molecule has 0 spiro atoms. The molecule has 1 unspecified atom stereocenters. The van der Waals surface area contributed by atoms with E-state index in [2.05, 4.69) is 23.5 Å². The summed E-state index contributed by atoms with van der Waals surface area (Å²) in [6.45, 7) is 5.71. The molecule has 198 valence electrons. The van der Waals surface area contributed by atoms with Gasteiger partial charge in [0.1, 0.15) is 12.4 Å². The normalized spacial score (nSPS) is 20.7. The van der Waals surface area contributed by atoms with Crippen LogP contribution in [-0.4, -0.2) is 57.4 Å². The van der Waals surface area contributed by atoms with Crippen molar-refractivity contribution < 1.29 is 27.8 Å². The van der Waals surface area contributed by atoms with Gasteiger partial charge in [-0.25, -0.2) is 13.2 Å². The second-order valence-electron chi connectivity index (χ2n) is 9.66. The summed E-state index contributed by atoms with van der Waals surface area (Å²) in [7, 11) is -2.49. The second kappa shape index (κ2) is 11.4. The molecule has 36 heavy (non-hydrogen) atoms. The molecule has 2 aromatic rings. The number of para-hydroxylation sites is 1. The van der Waals surface area contributed by atoms with Crippen LogP contribution in [0.4, 0.5) is 11.4 Å². The van der Waals surface area contributed by atoms with E-state index in [1.54, 1.807) is 6.07 Å². The van der Waals surface area contributed by atoms with E-state index >= 15 is 0 Å². The van der Waals surface area contributed by atoms with Crippen molar-refractivity contribution in [2.24, 2.45) is 5.41 Å². The summed E-state index contributed by atoms with van der Waals surface area (Å²) in [6, 6.07) is 13.2. The van der Waals surface area contributed by atoms with E-state index in [9.17, 15) is 18.3 Å². The summed E-state index contributed by atoms with van der Waals surface area (Å²) >= 11 is 1.41. The minimum atomic E-state index is -3.68. The first-order valence-electron chi connectivity index (χ1n) is 12.2. The summed E-state index contributed by atoms with van der Waals surface area (Å²) in [6.07, 6.45) is 5.38. The quantitative estimate of drug-likeness (QED) is 0.327. The Labute approximate surface area is 219 Å². The van der Waals surface area contributed by atoms with Crippen LogP contribution in [0, 0.1) is 5.41 Å². The Hall–Kier alpha value is -2.23. The lowest BCUT2D eigenvalue weighted by atomic mass is 9.81. The summed E-state index contributed by atoms with van der Waals surface area (Å²) in [5, 5.41) is 10.4. The number of anilines is 2. The third-order valence-electron chi connectivity index (χ3n) is 6.87. The van der Waals surface area contributed by atoms with Crippen molar-refractivity contribution in [2.45, 2.75) is 61.8 Å². The van der Waals surface area contributed by atoms with Crippen molar-refractivity contribution >= 4 is 38.9 Å². The van der Waals surface area contributed by atoms with E-state index in [0.29, 0.717) is 22.9 Å². The highest BCUT2D eigenvalue weighted by Crippen LogP contribution is 2.47. The van der Waals surface area contributed by atoms with Crippen LogP contribution in [0.5, 0.6) is 5.75 Å². The number of thioether (sulfide) groups is 1. The summed E-state index contributed by atoms with van der Waals surface area (Å²) < 4.78 is 38.3. The molecule has 3 rings (SSSR count). The van der Waals surface area contributed by atoms with Crippen molar-refractivity contribution in [3.8, 4) is 5.75 Å². The lowest BCUT2D eigenvalue weighted by Gasteiger charge is -2.36. The largest absolute Gasteiger partial charge is 0.489 e. The summed E-state index contributed by atoms with van der Waals surface area (Å²) in [5.74, 6) is -0.473. The zero-order valence-electron chi connectivity index (χ0n) is 21.7. The molecule has 9 heteroatoms. The predicted octanol–water partition coefficient (Wildman–Crippen LogP) is 5.22. The van der Waals surface area contributed by atoms with Crippen LogP contribution in [0.25, 0.3) is 0 Å². The summed E-state index contributed by atoms with van der Waals surface area (Å²) in [5.41, 5.74) is -0.730. The number of hydrogen-bond donors (Lipinski definition) is 1. The SMILES string of the molecule is CCCCC1(CC)CN(c2ccccc2)c2cc(SC)c(OC[C@@](C)(O)C(=O)OC)cc2S(=O)(=O)C1. The molecular formula is C27H37NO6S2. The molecular weight excluding hydrogens is 498 g/mol. The van der Waals surface area contributed by atoms with Crippen molar-refractivity contribution in [2.75, 3.05) is 37.2 Å². The number of nitrogens with zero attached hydrogens (tertiary/aromatic N) is 1. The maximum atomic E-state index is 13.9. The minimum absolute atomic E-state index is 0.0464. The maximum Gasteiger partial charge on any atom is 0.341 e. The van der Waals surface area contributed by atoms with Gasteiger partial charge in [-0.15, -0.1) is 11.8 Å². The molecule has 1 aliphatic heterocycles. The van der Waals surface area contributed by atoms with Gasteiger partial charge >= 0.3 is 5.97 Å². The molecule has 0 fully saturated rings. The summed E-state index contributed by atoms with van der Waals surface area (Å²) in [4.78, 5) is 14.9. The Morgan fingerprint density at radius 3 is 2.50 bits per heavy atom. The highest BCUT2D eigenvalue weighted by molar-refractivity contribution is 7.98. The van der Waals surface area contributed by atoms with Crippen molar-refractivity contribution in [3.05, 3.63) is 42.5 Å². The zero-order valence-corrected chi connectivity index (χ0v) is 23.4. The third-order valence-corrected chi connectivity index (χ3v) is 9.62. The van der Waals surface area contributed by atoms with Gasteiger partial charge in [0.25, 0.3) is 0 Å². The maximum absolute atomic E-state index is 13.9. The van der Waals surface area contributed by atoms with Gasteiger partial charge in [0.2, 0.25) is 0 Å². The van der Waals surface area contributed by atoms with Gasteiger partial charge in [0, 0.05) is 23.7 Å². The number of fused-ring (bicyclic) bond motifs is 1. The molecule has 0 saturated heterocycles. The van der Waals surface area contributed by atoms with E-state index in [0.717, 1.165) is 31.4 Å². The first kappa shape index (κ1) is 28.3. The molecule has 2 atom stereocenters. The van der Waals surface area contributed by atoms with Gasteiger partial charge in [-0.1, -0.05) is 44.9 Å². The number of aliphatic hydroxyl groups is 1. The molecule has 0 aliphatic carbocycles. The molecule has 1 N–H and O–H groups in total. The average molecular weight is 536 g/mol. The number of methoxy groups -OCH3 is 1. The highest BCUT2D eigenvalue weighted by Gasteiger charge is 2.42. The van der Waals surface area contributed by atoms with Crippen LogP contribution in [0.1, 0.15) is 46.5 Å². The smallest absolute Gasteiger partial charge is 0.341 e. The Morgan fingerprint density at radius 2 is 1.92 bits per heavy atom. The van der Waals surface area contributed by atoms with E-state index in [1.807, 2.05) is 42.7 Å². The van der Waals surface area contributed by atoms with Gasteiger partial charge in [0.15, 0.2) is 15.4 Å². The van der Waals surface area contributed by atoms with Crippen molar-refractivity contribution in [1.82, 2.24) is 0 Å². The zero-order chi connectivity index (χ0) is 26.6. The van der Waals surface area contributed by atoms with Crippen molar-refractivity contribution in [3.63, 3.8) is 0 Å². The molecule has 7 nitrogen and oxygen atoms in total. The van der Waals surface area contributed by atoms with Gasteiger partial charge < -0.3 is 19.5 Å². The standard InChI is InChI=1S/C27H37NO6S2/c1-6-8-14-27(7-2)17-28(20-12-10-9-11-13-20)21-15-23(35-5)22(16-24(21)36(31,32)19-27)34-18-26(3,30)25(29)33-4/h9-13,15-16,30H,6-8,14,17-19H2,1-5H3/t26-,27?/m1/s1. The number of esters is 1. The van der Waals surface area contributed by atoms with E-state index in [-0.39, 0.29) is 17.3 Å². The second-order valence-corrected chi connectivity index (χ2v) is 12.5. The number of carbonyl (C=O) groups is 1. The fourth-order valence-corrected chi connectivity index (χ4v) is 7.36. The molecule has 0 saturated carbocycles. The number of sulfone groups is 1. The Bertz CT molecular complexity index is 1170. The Kier molecular flexibility index (Phi) is 9.01. The fraction of sp³-hybridized carbons (Fsp3) is 0.519. The molecule has 0 amide bonds. The van der Waals surface area contributed by atoms with Gasteiger partial charge in [-0.05, 0) is 44.2 Å². The van der Waals surface area contributed by atoms with Gasteiger partial charge in [0.05, 0.1) is 28.3 Å². The molecule has 0 aromatic heterocycles. The van der Waals surface area contributed by atoms with Crippen LogP contribution in [0.15, 0.2) is 52.3 Å². The Balaban J connectivity index is 2.17. The van der Waals surface area contributed by atoms with E-state index in [4.69, 9.17) is 4.74 Å². The minimum Gasteiger partial charge on any atom is -0.489 e. The lowest BCUT2D eigenvalue weighted by Crippen LogP contribution is -2.42. The van der Waals surface area contributed by atoms with E-state index in [1.165, 1.54) is 25.8 Å². The first-order chi connectivity index (χ1) is 17.0. The number of benzene rings is 2. The molecule has 0 radical (unpaired) electrons. The fourth-order valence-electron chi connectivity index (χ4n) is 4.64. The average Bonchev–Trinajstić information content (AvgIpc) is 2.97. The topological polar surface area (TPSA) is 93.1 Å². The molecule has 2 aromatic carbocycles. The van der Waals surface area contributed by atoms with Crippen LogP contribution in [0.3, 0.4) is 0 Å². The van der Waals surface area contributed by atoms with Crippen LogP contribution < -0.4 is 9.64 Å². The van der Waals surface area contributed by atoms with Crippen LogP contribution in [0.2, 0.25) is 0 Å². The molecule has 1 heterocycles. The van der Waals surface area contributed by atoms with E-state index < -0.39 is 26.8 Å². The lowest BCUT2D eigenvalue weighted by molar-refractivity contribution is -0.163. The van der Waals surface area contributed by atoms with Crippen LogP contribution in [-0.2, 0) is 19.4 Å². The number of ether oxygens (including phenoxy) is 2. The van der Waals surface area contributed by atoms with Crippen LogP contribution >= 0.6 is 11.8 Å². The monoisotopic (exact) mass is 535 g/mol. The third kappa shape index (κ3) is 6.01. The number of rotatable bonds is 10. The number of carbonyl (C=O) groups excluding carboxylic acids is 1. The van der Waals surface area contributed by atoms with Gasteiger partial charge in [-0.2, -0.15) is 0 Å². The van der Waals surface area contributed by atoms with Crippen molar-refractivity contribution in [1.29, 1.82) is 0 Å². The highest BCUT2D eigenvalue weighted by atomic mass is 32.2. The Morgan fingerprint density at radius 1 is 1.22 bits per heavy atom. The predicted molar refractivity (Wildman–Crippen MR) is 144 cm³/mol. The van der Waals surface area contributed by atoms with Gasteiger partial charge in [-0.3, -0.25) is 0 Å². The number of unbranched alkanes of at least 4 members (excludes halogenated alkanes) is 1.